The van der Waals surface area contributed by atoms with E-state index in [2.05, 4.69) is 13.8 Å². The minimum Gasteiger partial charge on any atom is -0.491 e. The Kier molecular flexibility index (Phi) is 10.8. The first-order valence-corrected chi connectivity index (χ1v) is 13.4. The van der Waals surface area contributed by atoms with Crippen LogP contribution in [0.4, 0.5) is 13.2 Å². The summed E-state index contributed by atoms with van der Waals surface area (Å²) < 4.78 is 49.7. The summed E-state index contributed by atoms with van der Waals surface area (Å²) in [4.78, 5) is 0. The zero-order chi connectivity index (χ0) is 24.3. The fourth-order valence-corrected chi connectivity index (χ4v) is 5.18. The Balaban J connectivity index is 1.55. The fraction of sp³-hybridized carbons (Fsp3) is 0.600. The molecule has 2 aromatic carbocycles. The first-order valence-electron chi connectivity index (χ1n) is 13.4. The van der Waals surface area contributed by atoms with Gasteiger partial charge in [-0.25, -0.2) is 13.2 Å². The molecule has 1 nitrogen and oxygen atoms in total. The van der Waals surface area contributed by atoms with Crippen LogP contribution in [-0.4, -0.2) is 6.61 Å². The van der Waals surface area contributed by atoms with Crippen molar-refractivity contribution in [3.8, 4) is 16.9 Å². The summed E-state index contributed by atoms with van der Waals surface area (Å²) >= 11 is 0. The van der Waals surface area contributed by atoms with Crippen LogP contribution in [-0.2, 0) is 6.42 Å². The number of ether oxygens (including phenoxy) is 1. The summed E-state index contributed by atoms with van der Waals surface area (Å²) in [5.74, 6) is -0.645. The Hall–Kier alpha value is -1.97. The van der Waals surface area contributed by atoms with Gasteiger partial charge in [0.15, 0.2) is 23.2 Å². The van der Waals surface area contributed by atoms with Gasteiger partial charge >= 0.3 is 0 Å². The second-order valence-corrected chi connectivity index (χ2v) is 10.0. The molecule has 0 aliphatic heterocycles. The average Bonchev–Trinajstić information content (AvgIpc) is 2.84. The van der Waals surface area contributed by atoms with Crippen molar-refractivity contribution in [1.82, 2.24) is 0 Å². The Labute approximate surface area is 204 Å². The van der Waals surface area contributed by atoms with Gasteiger partial charge in [0.25, 0.3) is 0 Å². The van der Waals surface area contributed by atoms with Crippen LogP contribution < -0.4 is 4.74 Å². The van der Waals surface area contributed by atoms with Crippen LogP contribution in [0.25, 0.3) is 11.1 Å². The maximum Gasteiger partial charge on any atom is 0.166 e. The van der Waals surface area contributed by atoms with Gasteiger partial charge < -0.3 is 4.74 Å². The van der Waals surface area contributed by atoms with Gasteiger partial charge in [0, 0.05) is 5.56 Å². The second kappa shape index (κ2) is 13.8. The summed E-state index contributed by atoms with van der Waals surface area (Å²) in [6.07, 6.45) is 14.6. The van der Waals surface area contributed by atoms with Crippen molar-refractivity contribution < 1.29 is 17.9 Å². The van der Waals surface area contributed by atoms with Crippen LogP contribution in [0.15, 0.2) is 30.3 Å². The van der Waals surface area contributed by atoms with Crippen molar-refractivity contribution in [2.24, 2.45) is 11.8 Å². The minimum atomic E-state index is -0.895. The molecule has 0 aromatic heterocycles. The number of aryl methyl sites for hydroxylation is 1. The third kappa shape index (κ3) is 7.52. The molecule has 1 saturated carbocycles. The van der Waals surface area contributed by atoms with Crippen molar-refractivity contribution >= 4 is 0 Å². The molecule has 1 aliphatic rings. The SMILES string of the molecule is CCCCCOc1ccc(-c2ccc(CCC3CCC(CCCCC)CC3)c(F)c2F)cc1F. The highest BCUT2D eigenvalue weighted by Gasteiger charge is 2.22. The van der Waals surface area contributed by atoms with Crippen LogP contribution in [0.1, 0.15) is 96.5 Å². The molecule has 3 rings (SSSR count). The predicted molar refractivity (Wildman–Crippen MR) is 135 cm³/mol. The number of hydrogen-bond donors (Lipinski definition) is 0. The smallest absolute Gasteiger partial charge is 0.166 e. The third-order valence-electron chi connectivity index (χ3n) is 7.41. The van der Waals surface area contributed by atoms with Crippen molar-refractivity contribution in [1.29, 1.82) is 0 Å². The van der Waals surface area contributed by atoms with Crippen LogP contribution in [0.5, 0.6) is 5.75 Å². The Bertz CT molecular complexity index is 887. The quantitative estimate of drug-likeness (QED) is 0.263. The first kappa shape index (κ1) is 26.6. The first-order chi connectivity index (χ1) is 16.5. The lowest BCUT2D eigenvalue weighted by molar-refractivity contribution is 0.248. The van der Waals surface area contributed by atoms with E-state index in [0.717, 1.165) is 31.6 Å². The monoisotopic (exact) mass is 474 g/mol. The van der Waals surface area contributed by atoms with E-state index in [-0.39, 0.29) is 11.3 Å². The largest absolute Gasteiger partial charge is 0.491 e. The maximum absolute atomic E-state index is 14.9. The van der Waals surface area contributed by atoms with E-state index in [1.165, 1.54) is 63.5 Å². The van der Waals surface area contributed by atoms with Gasteiger partial charge in [0.05, 0.1) is 6.61 Å². The molecule has 0 spiro atoms. The van der Waals surface area contributed by atoms with Crippen molar-refractivity contribution in [2.75, 3.05) is 6.61 Å². The molecule has 34 heavy (non-hydrogen) atoms. The molecule has 0 radical (unpaired) electrons. The van der Waals surface area contributed by atoms with Gasteiger partial charge in [-0.2, -0.15) is 0 Å². The van der Waals surface area contributed by atoms with E-state index in [0.29, 0.717) is 30.1 Å². The fourth-order valence-electron chi connectivity index (χ4n) is 5.18. The zero-order valence-electron chi connectivity index (χ0n) is 21.0. The summed E-state index contributed by atoms with van der Waals surface area (Å²) in [7, 11) is 0. The van der Waals surface area contributed by atoms with E-state index >= 15 is 0 Å². The highest BCUT2D eigenvalue weighted by Crippen LogP contribution is 2.35. The normalized spacial score (nSPS) is 18.3. The van der Waals surface area contributed by atoms with Crippen molar-refractivity contribution in [3.05, 3.63) is 53.3 Å². The maximum atomic E-state index is 14.9. The molecule has 1 fully saturated rings. The van der Waals surface area contributed by atoms with Crippen molar-refractivity contribution in [2.45, 2.75) is 97.3 Å². The Morgan fingerprint density at radius 3 is 2.12 bits per heavy atom. The molecule has 4 heteroatoms. The van der Waals surface area contributed by atoms with Gasteiger partial charge in [-0.3, -0.25) is 0 Å². The van der Waals surface area contributed by atoms with Crippen LogP contribution in [0.2, 0.25) is 0 Å². The number of unbranched alkanes of at least 4 members (excludes halogenated alkanes) is 4. The number of rotatable bonds is 13. The highest BCUT2D eigenvalue weighted by molar-refractivity contribution is 5.65. The molecule has 0 atom stereocenters. The van der Waals surface area contributed by atoms with E-state index in [1.807, 2.05) is 0 Å². The molecule has 0 saturated heterocycles. The predicted octanol–water partition coefficient (Wildman–Crippen LogP) is 9.66. The molecule has 1 aliphatic carbocycles. The number of halogens is 3. The summed E-state index contributed by atoms with van der Waals surface area (Å²) in [6, 6.07) is 7.56. The molecule has 0 N–H and O–H groups in total. The van der Waals surface area contributed by atoms with E-state index in [9.17, 15) is 13.2 Å². The lowest BCUT2D eigenvalue weighted by Crippen LogP contribution is -2.15. The molecule has 0 amide bonds. The van der Waals surface area contributed by atoms with Crippen LogP contribution >= 0.6 is 0 Å². The molecular formula is C30H41F3O. The summed E-state index contributed by atoms with van der Waals surface area (Å²) in [5, 5.41) is 0. The van der Waals surface area contributed by atoms with Crippen molar-refractivity contribution in [3.63, 3.8) is 0 Å². The van der Waals surface area contributed by atoms with Gasteiger partial charge in [0.2, 0.25) is 0 Å². The van der Waals surface area contributed by atoms with Crippen LogP contribution in [0, 0.1) is 29.3 Å². The number of benzene rings is 2. The molecule has 0 heterocycles. The zero-order valence-corrected chi connectivity index (χ0v) is 21.0. The molecular weight excluding hydrogens is 433 g/mol. The lowest BCUT2D eigenvalue weighted by atomic mass is 9.77. The molecule has 188 valence electrons. The third-order valence-corrected chi connectivity index (χ3v) is 7.41. The standard InChI is InChI=1S/C30H41F3O/c1-3-5-7-9-22-10-12-23(13-11-22)14-15-24-16-18-26(30(33)29(24)32)25-17-19-28(27(31)21-25)34-20-8-6-4-2/h16-19,21-23H,3-15,20H2,1-2H3. The highest BCUT2D eigenvalue weighted by atomic mass is 19.2. The lowest BCUT2D eigenvalue weighted by Gasteiger charge is -2.28. The van der Waals surface area contributed by atoms with E-state index in [1.54, 1.807) is 18.2 Å². The second-order valence-electron chi connectivity index (χ2n) is 10.0. The molecule has 0 bridgehead atoms. The summed E-state index contributed by atoms with van der Waals surface area (Å²) in [6.45, 7) is 4.78. The Morgan fingerprint density at radius 1 is 0.765 bits per heavy atom. The molecule has 2 aromatic rings. The van der Waals surface area contributed by atoms with Gasteiger partial charge in [-0.1, -0.05) is 96.3 Å². The number of hydrogen-bond acceptors (Lipinski definition) is 1. The van der Waals surface area contributed by atoms with E-state index < -0.39 is 17.5 Å². The van der Waals surface area contributed by atoms with Gasteiger partial charge in [-0.05, 0) is 54.4 Å². The van der Waals surface area contributed by atoms with Crippen LogP contribution in [0.3, 0.4) is 0 Å². The topological polar surface area (TPSA) is 9.23 Å². The average molecular weight is 475 g/mol. The Morgan fingerprint density at radius 2 is 1.44 bits per heavy atom. The van der Waals surface area contributed by atoms with Gasteiger partial charge in [-0.15, -0.1) is 0 Å². The molecule has 0 unspecified atom stereocenters. The minimum absolute atomic E-state index is 0.0882. The summed E-state index contributed by atoms with van der Waals surface area (Å²) in [5.41, 5.74) is 0.829. The van der Waals surface area contributed by atoms with Gasteiger partial charge in [0.1, 0.15) is 0 Å². The van der Waals surface area contributed by atoms with E-state index in [4.69, 9.17) is 4.74 Å².